The van der Waals surface area contributed by atoms with Crippen LogP contribution in [0.5, 0.6) is 5.75 Å². The summed E-state index contributed by atoms with van der Waals surface area (Å²) >= 11 is 0. The predicted octanol–water partition coefficient (Wildman–Crippen LogP) is 1.67. The van der Waals surface area contributed by atoms with Gasteiger partial charge in [-0.3, -0.25) is 14.6 Å². The Morgan fingerprint density at radius 2 is 1.94 bits per heavy atom. The average Bonchev–Trinajstić information content (AvgIpc) is 2.19. The highest BCUT2D eigenvalue weighted by Crippen LogP contribution is 2.37. The molecule has 0 aliphatic heterocycles. The highest BCUT2D eigenvalue weighted by Gasteiger charge is 2.15. The van der Waals surface area contributed by atoms with Gasteiger partial charge in [-0.2, -0.15) is 0 Å². The Balaban J connectivity index is 2.68. The number of rotatable bonds is 4. The van der Waals surface area contributed by atoms with Gasteiger partial charge in [0, 0.05) is 5.69 Å². The molecule has 0 radical (unpaired) electrons. The van der Waals surface area contributed by atoms with Gasteiger partial charge in [-0.25, -0.2) is 4.57 Å². The maximum absolute atomic E-state index is 11.2. The predicted molar refractivity (Wildman–Crippen MR) is 62.6 cm³/mol. The van der Waals surface area contributed by atoms with Gasteiger partial charge in [-0.05, 0) is 37.3 Å². The van der Waals surface area contributed by atoms with Crippen molar-refractivity contribution in [1.29, 1.82) is 0 Å². The average molecular weight is 257 g/mol. The summed E-state index contributed by atoms with van der Waals surface area (Å²) in [5.74, 6) is -0.251. The lowest BCUT2D eigenvalue weighted by Crippen LogP contribution is -2.07. The van der Waals surface area contributed by atoms with Gasteiger partial charge in [0.1, 0.15) is 5.75 Å². The Kier molecular flexibility index (Phi) is 4.45. The van der Waals surface area contributed by atoms with Crippen LogP contribution in [-0.2, 0) is 9.36 Å². The third-order valence-electron chi connectivity index (χ3n) is 1.66. The summed E-state index contributed by atoms with van der Waals surface area (Å²) in [5, 5.41) is 2.56. The zero-order valence-corrected chi connectivity index (χ0v) is 9.92. The van der Waals surface area contributed by atoms with Gasteiger partial charge < -0.3 is 9.84 Å². The molecule has 6 nitrogen and oxygen atoms in total. The summed E-state index contributed by atoms with van der Waals surface area (Å²) in [7, 11) is -4.54. The summed E-state index contributed by atoms with van der Waals surface area (Å²) in [6, 6.07) is 5.66. The van der Waals surface area contributed by atoms with Crippen molar-refractivity contribution in [1.82, 2.24) is 0 Å². The molecule has 0 atom stereocenters. The number of hydrogen-bond acceptors (Lipinski definition) is 3. The lowest BCUT2D eigenvalue weighted by Gasteiger charge is -2.07. The summed E-state index contributed by atoms with van der Waals surface area (Å²) in [4.78, 5) is 28.3. The van der Waals surface area contributed by atoms with Crippen molar-refractivity contribution in [3.63, 3.8) is 0 Å². The number of carbonyl (C=O) groups is 1. The molecular weight excluding hydrogens is 245 g/mol. The Morgan fingerprint density at radius 3 is 2.41 bits per heavy atom. The number of anilines is 1. The summed E-state index contributed by atoms with van der Waals surface area (Å²) in [5.41, 5.74) is 0.506. The molecule has 7 heteroatoms. The van der Waals surface area contributed by atoms with E-state index in [1.807, 2.05) is 0 Å². The second-order valence-electron chi connectivity index (χ2n) is 3.10. The van der Waals surface area contributed by atoms with Gasteiger partial charge in [0.2, 0.25) is 5.91 Å². The van der Waals surface area contributed by atoms with Crippen LogP contribution in [0.3, 0.4) is 0 Å². The molecule has 0 spiro atoms. The lowest BCUT2D eigenvalue weighted by atomic mass is 10.3. The standard InChI is InChI=1S/C10H12NO5P/c1-2-3-10(12)11-8-4-6-9(7-5-8)16-17(13,14)15/h2-7H,1H3,(H,11,12)(H2,13,14,15). The van der Waals surface area contributed by atoms with Crippen LogP contribution in [-0.4, -0.2) is 15.7 Å². The molecule has 0 aromatic heterocycles. The van der Waals surface area contributed by atoms with Crippen LogP contribution in [0.25, 0.3) is 0 Å². The van der Waals surface area contributed by atoms with Gasteiger partial charge in [0.25, 0.3) is 0 Å². The molecule has 3 N–H and O–H groups in total. The summed E-state index contributed by atoms with van der Waals surface area (Å²) in [6.07, 6.45) is 2.96. The SMILES string of the molecule is CC=CC(=O)Nc1ccc(OP(=O)(O)O)cc1. The van der Waals surface area contributed by atoms with E-state index in [1.54, 1.807) is 13.0 Å². The molecule has 1 aromatic rings. The molecule has 0 unspecified atom stereocenters. The second kappa shape index (κ2) is 5.63. The molecule has 1 amide bonds. The van der Waals surface area contributed by atoms with E-state index >= 15 is 0 Å². The minimum absolute atomic E-state index is 0.0300. The minimum atomic E-state index is -4.54. The largest absolute Gasteiger partial charge is 0.524 e. The fourth-order valence-electron chi connectivity index (χ4n) is 1.07. The molecule has 1 rings (SSSR count). The second-order valence-corrected chi connectivity index (χ2v) is 4.26. The fraction of sp³-hybridized carbons (Fsp3) is 0.100. The fourth-order valence-corrected chi connectivity index (χ4v) is 1.47. The van der Waals surface area contributed by atoms with Crippen LogP contribution in [0.2, 0.25) is 0 Å². The number of hydrogen-bond donors (Lipinski definition) is 3. The molecule has 0 aliphatic carbocycles. The number of benzene rings is 1. The van der Waals surface area contributed by atoms with Crippen molar-refractivity contribution in [3.05, 3.63) is 36.4 Å². The van der Waals surface area contributed by atoms with E-state index in [2.05, 4.69) is 9.84 Å². The first-order chi connectivity index (χ1) is 7.90. The van der Waals surface area contributed by atoms with Crippen molar-refractivity contribution >= 4 is 19.4 Å². The van der Waals surface area contributed by atoms with Crippen molar-refractivity contribution < 1.29 is 23.7 Å². The molecule has 0 saturated carbocycles. The molecule has 0 fully saturated rings. The monoisotopic (exact) mass is 257 g/mol. The van der Waals surface area contributed by atoms with Crippen LogP contribution in [0.4, 0.5) is 5.69 Å². The number of phosphoric ester groups is 1. The Hall–Kier alpha value is -1.62. The smallest absolute Gasteiger partial charge is 0.404 e. The maximum Gasteiger partial charge on any atom is 0.524 e. The van der Waals surface area contributed by atoms with Crippen LogP contribution in [0, 0.1) is 0 Å². The molecule has 17 heavy (non-hydrogen) atoms. The number of nitrogens with one attached hydrogen (secondary N) is 1. The molecule has 92 valence electrons. The summed E-state index contributed by atoms with van der Waals surface area (Å²) < 4.78 is 14.9. The Morgan fingerprint density at radius 1 is 1.35 bits per heavy atom. The van der Waals surface area contributed by atoms with Gasteiger partial charge in [0.15, 0.2) is 0 Å². The first-order valence-corrected chi connectivity index (χ1v) is 6.22. The van der Waals surface area contributed by atoms with Gasteiger partial charge in [-0.1, -0.05) is 6.08 Å². The van der Waals surface area contributed by atoms with E-state index in [0.29, 0.717) is 5.69 Å². The quantitative estimate of drug-likeness (QED) is 0.563. The minimum Gasteiger partial charge on any atom is -0.404 e. The van der Waals surface area contributed by atoms with Gasteiger partial charge >= 0.3 is 7.82 Å². The van der Waals surface area contributed by atoms with Crippen molar-refractivity contribution in [3.8, 4) is 5.75 Å². The van der Waals surface area contributed by atoms with Crippen LogP contribution in [0.15, 0.2) is 36.4 Å². The van der Waals surface area contributed by atoms with Gasteiger partial charge in [-0.15, -0.1) is 0 Å². The number of phosphoric acid groups is 1. The molecule has 0 aliphatic rings. The zero-order valence-electron chi connectivity index (χ0n) is 9.03. The van der Waals surface area contributed by atoms with E-state index < -0.39 is 7.82 Å². The van der Waals surface area contributed by atoms with E-state index in [9.17, 15) is 9.36 Å². The number of allylic oxidation sites excluding steroid dienone is 1. The van der Waals surface area contributed by atoms with E-state index in [4.69, 9.17) is 9.79 Å². The topological polar surface area (TPSA) is 95.9 Å². The molecular formula is C10H12NO5P. The number of amides is 1. The van der Waals surface area contributed by atoms with Crippen LogP contribution in [0.1, 0.15) is 6.92 Å². The zero-order chi connectivity index (χ0) is 12.9. The van der Waals surface area contributed by atoms with E-state index in [1.165, 1.54) is 30.3 Å². The Labute approximate surface area is 98.2 Å². The van der Waals surface area contributed by atoms with Gasteiger partial charge in [0.05, 0.1) is 0 Å². The Bertz CT molecular complexity index is 462. The molecule has 0 bridgehead atoms. The summed E-state index contributed by atoms with van der Waals surface area (Å²) in [6.45, 7) is 1.72. The molecule has 0 heterocycles. The first kappa shape index (κ1) is 13.4. The number of carbonyl (C=O) groups excluding carboxylic acids is 1. The first-order valence-electron chi connectivity index (χ1n) is 4.69. The highest BCUT2D eigenvalue weighted by atomic mass is 31.2. The van der Waals surface area contributed by atoms with E-state index in [-0.39, 0.29) is 11.7 Å². The van der Waals surface area contributed by atoms with Crippen molar-refractivity contribution in [2.75, 3.05) is 5.32 Å². The normalized spacial score (nSPS) is 11.5. The third kappa shape index (κ3) is 5.31. The van der Waals surface area contributed by atoms with Crippen molar-refractivity contribution in [2.45, 2.75) is 6.92 Å². The molecule has 1 aromatic carbocycles. The highest BCUT2D eigenvalue weighted by molar-refractivity contribution is 7.46. The van der Waals surface area contributed by atoms with E-state index in [0.717, 1.165) is 0 Å². The maximum atomic E-state index is 11.2. The third-order valence-corrected chi connectivity index (χ3v) is 2.11. The lowest BCUT2D eigenvalue weighted by molar-refractivity contribution is -0.111. The van der Waals surface area contributed by atoms with Crippen LogP contribution < -0.4 is 9.84 Å². The van der Waals surface area contributed by atoms with Crippen molar-refractivity contribution in [2.24, 2.45) is 0 Å². The molecule has 0 saturated heterocycles. The van der Waals surface area contributed by atoms with Crippen LogP contribution >= 0.6 is 7.82 Å².